The number of aromatic nitrogens is 1. The number of nitrogens with one attached hydrogen (secondary N) is 1. The van der Waals surface area contributed by atoms with Crippen LogP contribution in [0.4, 0.5) is 5.13 Å². The Balaban J connectivity index is 1.63. The molecule has 0 spiro atoms. The van der Waals surface area contributed by atoms with Gasteiger partial charge in [-0.3, -0.25) is 4.79 Å². The number of ether oxygens (including phenoxy) is 2. The molecule has 1 N–H and O–H groups in total. The smallest absolute Gasteiger partial charge is 0.226 e. The predicted molar refractivity (Wildman–Crippen MR) is 121 cm³/mol. The maximum Gasteiger partial charge on any atom is 0.226 e. The Bertz CT molecular complexity index is 1030. The molecular formula is C22H23BrN2O3S. The number of rotatable bonds is 7. The molecule has 0 saturated heterocycles. The molecule has 0 aliphatic carbocycles. The Morgan fingerprint density at radius 1 is 1.10 bits per heavy atom. The Morgan fingerprint density at radius 2 is 1.83 bits per heavy atom. The molecule has 0 radical (unpaired) electrons. The first-order valence-corrected chi connectivity index (χ1v) is 10.8. The lowest BCUT2D eigenvalue weighted by atomic mass is 10.1. The molecule has 0 aliphatic rings. The summed E-state index contributed by atoms with van der Waals surface area (Å²) < 4.78 is 11.5. The summed E-state index contributed by atoms with van der Waals surface area (Å²) in [6.07, 6.45) is 0.912. The van der Waals surface area contributed by atoms with Crippen molar-refractivity contribution in [2.75, 3.05) is 19.5 Å². The fourth-order valence-electron chi connectivity index (χ4n) is 2.88. The summed E-state index contributed by atoms with van der Waals surface area (Å²) in [5.41, 5.74) is 5.38. The maximum absolute atomic E-state index is 12.4. The molecule has 3 rings (SSSR count). The number of hydrogen-bond donors (Lipinski definition) is 1. The second-order valence-electron chi connectivity index (χ2n) is 6.68. The molecule has 7 heteroatoms. The number of thiazole rings is 1. The lowest BCUT2D eigenvalue weighted by Crippen LogP contribution is -2.12. The number of nitrogens with zero attached hydrogens (tertiary/aromatic N) is 1. The summed E-state index contributed by atoms with van der Waals surface area (Å²) in [6, 6.07) is 9.99. The Kier molecular flexibility index (Phi) is 6.92. The molecule has 0 unspecified atom stereocenters. The van der Waals surface area contributed by atoms with Gasteiger partial charge in [0.25, 0.3) is 0 Å². The summed E-state index contributed by atoms with van der Waals surface area (Å²) in [7, 11) is 3.19. The minimum atomic E-state index is -0.0762. The lowest BCUT2D eigenvalue weighted by Gasteiger charge is -2.11. The fraction of sp³-hybridized carbons (Fsp3) is 0.273. The van der Waals surface area contributed by atoms with E-state index in [1.807, 2.05) is 17.5 Å². The van der Waals surface area contributed by atoms with Gasteiger partial charge in [-0.15, -0.1) is 11.3 Å². The van der Waals surface area contributed by atoms with Gasteiger partial charge in [0.05, 0.1) is 19.9 Å². The van der Waals surface area contributed by atoms with Gasteiger partial charge in [0.15, 0.2) is 16.6 Å². The monoisotopic (exact) mass is 474 g/mol. The van der Waals surface area contributed by atoms with E-state index in [0.29, 0.717) is 29.5 Å². The zero-order valence-corrected chi connectivity index (χ0v) is 19.2. The molecule has 2 aromatic carbocycles. The average molecular weight is 475 g/mol. The van der Waals surface area contributed by atoms with Crippen LogP contribution >= 0.6 is 27.3 Å². The number of carbonyl (C=O) groups is 1. The molecular weight excluding hydrogens is 452 g/mol. The van der Waals surface area contributed by atoms with Crippen molar-refractivity contribution in [1.82, 2.24) is 4.98 Å². The highest BCUT2D eigenvalue weighted by Crippen LogP contribution is 2.34. The minimum Gasteiger partial charge on any atom is -0.493 e. The van der Waals surface area contributed by atoms with Crippen molar-refractivity contribution >= 4 is 38.3 Å². The third-order valence-electron chi connectivity index (χ3n) is 4.73. The van der Waals surface area contributed by atoms with E-state index in [1.54, 1.807) is 14.2 Å². The summed E-state index contributed by atoms with van der Waals surface area (Å²) in [6.45, 7) is 4.17. The normalized spacial score (nSPS) is 10.7. The first-order chi connectivity index (χ1) is 13.9. The van der Waals surface area contributed by atoms with Crippen LogP contribution in [0, 0.1) is 13.8 Å². The van der Waals surface area contributed by atoms with Gasteiger partial charge in [-0.2, -0.15) is 0 Å². The van der Waals surface area contributed by atoms with Gasteiger partial charge in [0.1, 0.15) is 0 Å². The molecule has 152 valence electrons. The first kappa shape index (κ1) is 21.3. The zero-order chi connectivity index (χ0) is 21.0. The molecule has 3 aromatic rings. The van der Waals surface area contributed by atoms with E-state index in [-0.39, 0.29) is 5.91 Å². The highest BCUT2D eigenvalue weighted by atomic mass is 79.9. The molecule has 29 heavy (non-hydrogen) atoms. The number of anilines is 1. The van der Waals surface area contributed by atoms with E-state index in [1.165, 1.54) is 22.5 Å². The van der Waals surface area contributed by atoms with Crippen molar-refractivity contribution in [2.24, 2.45) is 0 Å². The third-order valence-corrected chi connectivity index (χ3v) is 6.22. The summed E-state index contributed by atoms with van der Waals surface area (Å²) in [5.74, 6) is 1.21. The quantitative estimate of drug-likeness (QED) is 0.471. The van der Waals surface area contributed by atoms with E-state index in [4.69, 9.17) is 9.47 Å². The molecule has 5 nitrogen and oxygen atoms in total. The van der Waals surface area contributed by atoms with E-state index < -0.39 is 0 Å². The number of carbonyl (C=O) groups excluding carboxylic acids is 1. The van der Waals surface area contributed by atoms with Crippen LogP contribution in [0.3, 0.4) is 0 Å². The topological polar surface area (TPSA) is 60.5 Å². The van der Waals surface area contributed by atoms with Crippen molar-refractivity contribution in [3.8, 4) is 22.8 Å². The van der Waals surface area contributed by atoms with E-state index in [9.17, 15) is 4.79 Å². The van der Waals surface area contributed by atoms with Crippen LogP contribution in [0.5, 0.6) is 11.5 Å². The molecule has 0 fully saturated rings. The Labute approximate surface area is 183 Å². The Morgan fingerprint density at radius 3 is 2.52 bits per heavy atom. The largest absolute Gasteiger partial charge is 0.493 e. The van der Waals surface area contributed by atoms with Crippen molar-refractivity contribution in [1.29, 1.82) is 0 Å². The molecule has 0 saturated carbocycles. The molecule has 1 heterocycles. The van der Waals surface area contributed by atoms with Crippen LogP contribution in [-0.4, -0.2) is 25.1 Å². The van der Waals surface area contributed by atoms with Gasteiger partial charge in [-0.1, -0.05) is 28.1 Å². The van der Waals surface area contributed by atoms with Crippen molar-refractivity contribution < 1.29 is 14.3 Å². The molecule has 0 aliphatic heterocycles. The second kappa shape index (κ2) is 9.41. The molecule has 0 atom stereocenters. The zero-order valence-electron chi connectivity index (χ0n) is 16.8. The molecule has 0 bridgehead atoms. The fourth-order valence-corrected chi connectivity index (χ4v) is 4.14. The number of aryl methyl sites for hydroxylation is 3. The van der Waals surface area contributed by atoms with Crippen molar-refractivity contribution in [3.05, 3.63) is 56.9 Å². The number of hydrogen-bond acceptors (Lipinski definition) is 5. The SMILES string of the molecule is COc1cc(Br)c(CCC(=O)Nc2nc(-c3ccc(C)c(C)c3)cs2)cc1OC. The van der Waals surface area contributed by atoms with Crippen LogP contribution in [-0.2, 0) is 11.2 Å². The van der Waals surface area contributed by atoms with Gasteiger partial charge in [-0.25, -0.2) is 4.98 Å². The third kappa shape index (κ3) is 5.16. The van der Waals surface area contributed by atoms with Gasteiger partial charge in [0.2, 0.25) is 5.91 Å². The number of benzene rings is 2. The number of amides is 1. The van der Waals surface area contributed by atoms with E-state index >= 15 is 0 Å². The van der Waals surface area contributed by atoms with Crippen molar-refractivity contribution in [2.45, 2.75) is 26.7 Å². The predicted octanol–water partition coefficient (Wildman–Crippen LogP) is 5.78. The van der Waals surface area contributed by atoms with Gasteiger partial charge in [0, 0.05) is 21.8 Å². The number of methoxy groups -OCH3 is 2. The molecule has 1 aromatic heterocycles. The van der Waals surface area contributed by atoms with E-state index in [2.05, 4.69) is 58.3 Å². The summed E-state index contributed by atoms with van der Waals surface area (Å²) in [4.78, 5) is 17.0. The van der Waals surface area contributed by atoms with Crippen LogP contribution < -0.4 is 14.8 Å². The summed E-state index contributed by atoms with van der Waals surface area (Å²) >= 11 is 4.96. The molecule has 1 amide bonds. The summed E-state index contributed by atoms with van der Waals surface area (Å²) in [5, 5.41) is 5.47. The van der Waals surface area contributed by atoms with Crippen molar-refractivity contribution in [3.63, 3.8) is 0 Å². The highest BCUT2D eigenvalue weighted by molar-refractivity contribution is 9.10. The van der Waals surface area contributed by atoms with Gasteiger partial charge < -0.3 is 14.8 Å². The standard InChI is InChI=1S/C22H23BrN2O3S/c1-13-5-6-16(9-14(13)2)18-12-29-22(24-18)25-21(26)8-7-15-10-19(27-3)20(28-4)11-17(15)23/h5-6,9-12H,7-8H2,1-4H3,(H,24,25,26). The average Bonchev–Trinajstić information content (AvgIpc) is 3.17. The van der Waals surface area contributed by atoms with Crippen LogP contribution in [0.2, 0.25) is 0 Å². The maximum atomic E-state index is 12.4. The lowest BCUT2D eigenvalue weighted by molar-refractivity contribution is -0.116. The van der Waals surface area contributed by atoms with E-state index in [0.717, 1.165) is 21.3 Å². The first-order valence-electron chi connectivity index (χ1n) is 9.14. The van der Waals surface area contributed by atoms with Crippen LogP contribution in [0.1, 0.15) is 23.1 Å². The van der Waals surface area contributed by atoms with Gasteiger partial charge in [-0.05, 0) is 55.2 Å². The highest BCUT2D eigenvalue weighted by Gasteiger charge is 2.13. The second-order valence-corrected chi connectivity index (χ2v) is 8.40. The van der Waals surface area contributed by atoms with Crippen LogP contribution in [0.15, 0.2) is 40.2 Å². The van der Waals surface area contributed by atoms with Gasteiger partial charge >= 0.3 is 0 Å². The van der Waals surface area contributed by atoms with Crippen LogP contribution in [0.25, 0.3) is 11.3 Å². The number of halogens is 1. The minimum absolute atomic E-state index is 0.0762. The Hall–Kier alpha value is -2.38.